The maximum atomic E-state index is 12.7. The highest BCUT2D eigenvalue weighted by molar-refractivity contribution is 6.05. The molecule has 152 valence electrons. The number of aromatic nitrogens is 1. The highest BCUT2D eigenvalue weighted by atomic mass is 16.5. The van der Waals surface area contributed by atoms with Gasteiger partial charge in [-0.25, -0.2) is 4.79 Å². The van der Waals surface area contributed by atoms with Crippen molar-refractivity contribution in [2.45, 2.75) is 26.5 Å². The van der Waals surface area contributed by atoms with Gasteiger partial charge in [-0.15, -0.1) is 0 Å². The van der Waals surface area contributed by atoms with Gasteiger partial charge >= 0.3 is 5.97 Å². The predicted octanol–water partition coefficient (Wildman–Crippen LogP) is 3.86. The monoisotopic (exact) mass is 396 g/mol. The lowest BCUT2D eigenvalue weighted by Gasteiger charge is -2.15. The van der Waals surface area contributed by atoms with Crippen LogP contribution >= 0.6 is 0 Å². The number of para-hydroxylation sites is 1. The van der Waals surface area contributed by atoms with E-state index in [9.17, 15) is 9.59 Å². The number of rotatable bonds is 7. The van der Waals surface area contributed by atoms with E-state index in [0.717, 1.165) is 17.4 Å². The van der Waals surface area contributed by atoms with Crippen molar-refractivity contribution >= 4 is 28.5 Å². The number of aryl methyl sites for hydroxylation is 1. The fourth-order valence-electron chi connectivity index (χ4n) is 3.09. The van der Waals surface area contributed by atoms with Crippen LogP contribution in [0.4, 0.5) is 5.69 Å². The highest BCUT2D eigenvalue weighted by Crippen LogP contribution is 2.29. The third-order valence-corrected chi connectivity index (χ3v) is 4.67. The van der Waals surface area contributed by atoms with E-state index in [4.69, 9.17) is 14.2 Å². The van der Waals surface area contributed by atoms with Crippen molar-refractivity contribution in [2.24, 2.45) is 0 Å². The summed E-state index contributed by atoms with van der Waals surface area (Å²) in [6, 6.07) is 12.6. The molecule has 0 aliphatic heterocycles. The lowest BCUT2D eigenvalue weighted by Crippen LogP contribution is -2.30. The van der Waals surface area contributed by atoms with Crippen LogP contribution in [0.1, 0.15) is 24.2 Å². The van der Waals surface area contributed by atoms with Gasteiger partial charge in [0.1, 0.15) is 11.5 Å². The number of nitrogens with one attached hydrogen (secondary N) is 1. The van der Waals surface area contributed by atoms with E-state index in [2.05, 4.69) is 5.32 Å². The molecule has 0 aliphatic rings. The first-order chi connectivity index (χ1) is 14.0. The molecule has 1 aromatic heterocycles. The molecule has 1 amide bonds. The molecule has 0 spiro atoms. The van der Waals surface area contributed by atoms with Gasteiger partial charge in [0.05, 0.1) is 25.5 Å². The number of anilines is 1. The Hall–Kier alpha value is -3.48. The van der Waals surface area contributed by atoms with Gasteiger partial charge in [0.25, 0.3) is 5.91 Å². The maximum Gasteiger partial charge on any atom is 0.341 e. The van der Waals surface area contributed by atoms with Gasteiger partial charge in [-0.2, -0.15) is 0 Å². The molecule has 0 radical (unpaired) electrons. The van der Waals surface area contributed by atoms with Crippen molar-refractivity contribution in [1.29, 1.82) is 0 Å². The van der Waals surface area contributed by atoms with Crippen molar-refractivity contribution < 1.29 is 23.8 Å². The van der Waals surface area contributed by atoms with E-state index in [-0.39, 0.29) is 0 Å². The molecule has 29 heavy (non-hydrogen) atoms. The average molecular weight is 396 g/mol. The van der Waals surface area contributed by atoms with E-state index in [1.807, 2.05) is 35.8 Å². The van der Waals surface area contributed by atoms with Crippen LogP contribution in [-0.2, 0) is 16.1 Å². The Morgan fingerprint density at radius 3 is 2.55 bits per heavy atom. The first kappa shape index (κ1) is 20.3. The summed E-state index contributed by atoms with van der Waals surface area (Å²) in [4.78, 5) is 25.3. The van der Waals surface area contributed by atoms with Crippen molar-refractivity contribution in [3.63, 3.8) is 0 Å². The maximum absolute atomic E-state index is 12.7. The van der Waals surface area contributed by atoms with Gasteiger partial charge in [-0.05, 0) is 32.0 Å². The normalized spacial score (nSPS) is 11.7. The van der Waals surface area contributed by atoms with Crippen LogP contribution in [0.5, 0.6) is 11.5 Å². The molecule has 7 heteroatoms. The van der Waals surface area contributed by atoms with Crippen LogP contribution in [0, 0.1) is 0 Å². The van der Waals surface area contributed by atoms with Crippen molar-refractivity contribution in [1.82, 2.24) is 4.57 Å². The van der Waals surface area contributed by atoms with Crippen LogP contribution in [0.2, 0.25) is 0 Å². The second-order valence-electron chi connectivity index (χ2n) is 6.45. The van der Waals surface area contributed by atoms with E-state index in [0.29, 0.717) is 22.7 Å². The Labute approximate surface area is 169 Å². The summed E-state index contributed by atoms with van der Waals surface area (Å²) in [7, 11) is 3.04. The summed E-state index contributed by atoms with van der Waals surface area (Å²) >= 11 is 0. The summed E-state index contributed by atoms with van der Waals surface area (Å²) in [6.45, 7) is 4.25. The van der Waals surface area contributed by atoms with Crippen LogP contribution in [-0.4, -0.2) is 36.8 Å². The molecule has 2 aromatic carbocycles. The summed E-state index contributed by atoms with van der Waals surface area (Å²) < 4.78 is 17.8. The molecular formula is C22H24N2O5. The van der Waals surface area contributed by atoms with Crippen molar-refractivity contribution in [2.75, 3.05) is 19.5 Å². The number of methoxy groups -OCH3 is 2. The quantitative estimate of drug-likeness (QED) is 0.614. The van der Waals surface area contributed by atoms with Gasteiger partial charge in [0.2, 0.25) is 0 Å². The van der Waals surface area contributed by atoms with Crippen LogP contribution < -0.4 is 14.8 Å². The number of carbonyl (C=O) groups excluding carboxylic acids is 2. The van der Waals surface area contributed by atoms with Gasteiger partial charge in [-0.1, -0.05) is 18.2 Å². The summed E-state index contributed by atoms with van der Waals surface area (Å²) in [5.74, 6) is 0.0274. The SMILES string of the molecule is CCn1cc(C(=O)OC(C)C(=O)Nc2cc(OC)ccc2OC)c2ccccc21. The minimum absolute atomic E-state index is 0.432. The van der Waals surface area contributed by atoms with Gasteiger partial charge < -0.3 is 24.1 Å². The fraction of sp³-hybridized carbons (Fsp3) is 0.273. The van der Waals surface area contributed by atoms with Gasteiger partial charge in [0, 0.05) is 29.7 Å². The number of carbonyl (C=O) groups is 2. The zero-order chi connectivity index (χ0) is 21.0. The van der Waals surface area contributed by atoms with Crippen LogP contribution in [0.15, 0.2) is 48.7 Å². The standard InChI is InChI=1S/C22H24N2O5/c1-5-24-13-17(16-8-6-7-9-19(16)24)22(26)29-14(2)21(25)23-18-12-15(27-3)10-11-20(18)28-4/h6-14H,5H2,1-4H3,(H,23,25). The third-order valence-electron chi connectivity index (χ3n) is 4.67. The Morgan fingerprint density at radius 1 is 1.10 bits per heavy atom. The summed E-state index contributed by atoms with van der Waals surface area (Å²) in [5, 5.41) is 3.51. The zero-order valence-corrected chi connectivity index (χ0v) is 16.9. The molecule has 3 aromatic rings. The molecule has 7 nitrogen and oxygen atoms in total. The smallest absolute Gasteiger partial charge is 0.341 e. The minimum Gasteiger partial charge on any atom is -0.497 e. The number of esters is 1. The second kappa shape index (κ2) is 8.68. The molecule has 0 saturated heterocycles. The first-order valence-corrected chi connectivity index (χ1v) is 9.30. The summed E-state index contributed by atoms with van der Waals surface area (Å²) in [6.07, 6.45) is 0.755. The number of hydrogen-bond acceptors (Lipinski definition) is 5. The van der Waals surface area contributed by atoms with E-state index in [1.54, 1.807) is 24.4 Å². The first-order valence-electron chi connectivity index (χ1n) is 9.30. The third kappa shape index (κ3) is 4.18. The van der Waals surface area contributed by atoms with Gasteiger partial charge in [-0.3, -0.25) is 4.79 Å². The topological polar surface area (TPSA) is 78.8 Å². The zero-order valence-electron chi connectivity index (χ0n) is 16.9. The van der Waals surface area contributed by atoms with Crippen molar-refractivity contribution in [3.05, 3.63) is 54.2 Å². The number of ether oxygens (including phenoxy) is 3. The highest BCUT2D eigenvalue weighted by Gasteiger charge is 2.23. The lowest BCUT2D eigenvalue weighted by molar-refractivity contribution is -0.123. The number of nitrogens with zero attached hydrogens (tertiary/aromatic N) is 1. The average Bonchev–Trinajstić information content (AvgIpc) is 3.12. The lowest BCUT2D eigenvalue weighted by atomic mass is 10.2. The Bertz CT molecular complexity index is 1040. The fourth-order valence-corrected chi connectivity index (χ4v) is 3.09. The molecular weight excluding hydrogens is 372 g/mol. The minimum atomic E-state index is -0.998. The Balaban J connectivity index is 1.76. The molecule has 1 atom stereocenters. The number of hydrogen-bond donors (Lipinski definition) is 1. The van der Waals surface area contributed by atoms with E-state index >= 15 is 0 Å². The number of benzene rings is 2. The van der Waals surface area contributed by atoms with Crippen LogP contribution in [0.3, 0.4) is 0 Å². The molecule has 3 rings (SSSR count). The molecule has 0 fully saturated rings. The van der Waals surface area contributed by atoms with Crippen molar-refractivity contribution in [3.8, 4) is 11.5 Å². The second-order valence-corrected chi connectivity index (χ2v) is 6.45. The number of amides is 1. The molecule has 1 heterocycles. The molecule has 1 N–H and O–H groups in total. The molecule has 1 unspecified atom stereocenters. The van der Waals surface area contributed by atoms with Crippen LogP contribution in [0.25, 0.3) is 10.9 Å². The molecule has 0 bridgehead atoms. The van der Waals surface area contributed by atoms with E-state index < -0.39 is 18.0 Å². The Kier molecular flexibility index (Phi) is 6.07. The number of fused-ring (bicyclic) bond motifs is 1. The molecule has 0 aliphatic carbocycles. The Morgan fingerprint density at radius 2 is 1.86 bits per heavy atom. The molecule has 0 saturated carbocycles. The van der Waals surface area contributed by atoms with Gasteiger partial charge in [0.15, 0.2) is 6.10 Å². The largest absolute Gasteiger partial charge is 0.497 e. The summed E-state index contributed by atoms with van der Waals surface area (Å²) in [5.41, 5.74) is 1.81. The van der Waals surface area contributed by atoms with E-state index in [1.165, 1.54) is 21.1 Å². The predicted molar refractivity (Wildman–Crippen MR) is 111 cm³/mol.